The molecule has 150 valence electrons. The first kappa shape index (κ1) is 20.4. The summed E-state index contributed by atoms with van der Waals surface area (Å²) >= 11 is 13.4. The molecule has 1 aliphatic heterocycles. The Hall–Kier alpha value is -2.87. The van der Waals surface area contributed by atoms with Gasteiger partial charge >= 0.3 is 0 Å². The maximum Gasteiger partial charge on any atom is 0.267 e. The van der Waals surface area contributed by atoms with Crippen LogP contribution in [0.5, 0.6) is 0 Å². The molecule has 0 spiro atoms. The highest BCUT2D eigenvalue weighted by Crippen LogP contribution is 2.33. The largest absolute Gasteiger partial charge is 0.467 e. The molecule has 0 unspecified atom stereocenters. The minimum absolute atomic E-state index is 0.185. The Balaban J connectivity index is 1.63. The quantitative estimate of drug-likeness (QED) is 0.289. The van der Waals surface area contributed by atoms with Gasteiger partial charge in [-0.25, -0.2) is 0 Å². The predicted molar refractivity (Wildman–Crippen MR) is 121 cm³/mol. The number of furan rings is 1. The minimum atomic E-state index is -0.185. The molecule has 1 aromatic carbocycles. The molecule has 30 heavy (non-hydrogen) atoms. The minimum Gasteiger partial charge on any atom is -0.467 e. The number of halogens is 2. The van der Waals surface area contributed by atoms with E-state index in [1.807, 2.05) is 12.1 Å². The lowest BCUT2D eigenvalue weighted by Gasteiger charge is -2.12. The number of hydrogen-bond donors (Lipinski definition) is 0. The van der Waals surface area contributed by atoms with Crippen molar-refractivity contribution >= 4 is 58.3 Å². The number of carbonyl (C=O) groups excluding carboxylic acids is 1. The van der Waals surface area contributed by atoms with Gasteiger partial charge in [-0.15, -0.1) is 5.10 Å². The molecule has 0 bridgehead atoms. The smallest absolute Gasteiger partial charge is 0.267 e. The maximum atomic E-state index is 13.0. The van der Waals surface area contributed by atoms with E-state index < -0.39 is 0 Å². The number of benzene rings is 1. The van der Waals surface area contributed by atoms with E-state index in [0.717, 1.165) is 5.56 Å². The first-order valence-electron chi connectivity index (χ1n) is 8.80. The van der Waals surface area contributed by atoms with Gasteiger partial charge in [0.05, 0.1) is 34.0 Å². The Kier molecular flexibility index (Phi) is 6.32. The Labute approximate surface area is 186 Å². The average molecular weight is 457 g/mol. The van der Waals surface area contributed by atoms with Crippen molar-refractivity contribution in [3.8, 4) is 0 Å². The van der Waals surface area contributed by atoms with Crippen LogP contribution in [-0.2, 0) is 11.3 Å². The van der Waals surface area contributed by atoms with Gasteiger partial charge in [-0.3, -0.25) is 14.7 Å². The first-order valence-corrected chi connectivity index (χ1v) is 10.4. The highest BCUT2D eigenvalue weighted by Gasteiger charge is 2.34. The summed E-state index contributed by atoms with van der Waals surface area (Å²) in [7, 11) is 0. The zero-order valence-corrected chi connectivity index (χ0v) is 17.7. The summed E-state index contributed by atoms with van der Waals surface area (Å²) in [5.74, 6) is 0.455. The number of nitrogens with zero attached hydrogens (tertiary/aromatic N) is 4. The van der Waals surface area contributed by atoms with E-state index in [2.05, 4.69) is 15.2 Å². The highest BCUT2D eigenvalue weighted by molar-refractivity contribution is 8.18. The third-order valence-corrected chi connectivity index (χ3v) is 5.92. The Bertz CT molecular complexity index is 1150. The van der Waals surface area contributed by atoms with Crippen LogP contribution in [0, 0.1) is 0 Å². The van der Waals surface area contributed by atoms with Crippen molar-refractivity contribution in [1.82, 2.24) is 9.88 Å². The fourth-order valence-corrected chi connectivity index (χ4v) is 3.95. The van der Waals surface area contributed by atoms with Crippen LogP contribution in [0.1, 0.15) is 16.9 Å². The number of pyridine rings is 1. The molecule has 0 atom stereocenters. The topological polar surface area (TPSA) is 71.1 Å². The molecule has 3 aromatic rings. The number of amidine groups is 1. The Morgan fingerprint density at radius 2 is 2.07 bits per heavy atom. The summed E-state index contributed by atoms with van der Waals surface area (Å²) in [6, 6.07) is 12.5. The lowest BCUT2D eigenvalue weighted by molar-refractivity contribution is -0.122. The molecule has 4 rings (SSSR count). The molecule has 0 radical (unpaired) electrons. The van der Waals surface area contributed by atoms with E-state index in [1.54, 1.807) is 55.1 Å². The standard InChI is InChI=1S/C21H14Cl2N4O2S/c22-17-7-1-5-15(19(17)23)12-25-26-21-27(13-16-6-3-9-29-16)20(28)18(30-21)10-14-4-2-8-24-11-14/h1-12H,13H2/b18-10-,25-12+,26-21-. The van der Waals surface area contributed by atoms with Crippen molar-refractivity contribution in [3.63, 3.8) is 0 Å². The summed E-state index contributed by atoms with van der Waals surface area (Å²) < 4.78 is 5.39. The Morgan fingerprint density at radius 3 is 2.83 bits per heavy atom. The monoisotopic (exact) mass is 456 g/mol. The van der Waals surface area contributed by atoms with E-state index in [1.165, 1.54) is 22.9 Å². The molecule has 0 aliphatic carbocycles. The number of thioether (sulfide) groups is 1. The molecule has 0 saturated carbocycles. The van der Waals surface area contributed by atoms with Crippen molar-refractivity contribution < 1.29 is 9.21 Å². The average Bonchev–Trinajstić information content (AvgIpc) is 3.36. The van der Waals surface area contributed by atoms with Gasteiger partial charge in [0.25, 0.3) is 5.91 Å². The number of aromatic nitrogens is 1. The maximum absolute atomic E-state index is 13.0. The molecule has 9 heteroatoms. The molecule has 1 fully saturated rings. The van der Waals surface area contributed by atoms with Gasteiger partial charge in [-0.2, -0.15) is 5.10 Å². The van der Waals surface area contributed by atoms with Crippen molar-refractivity contribution in [1.29, 1.82) is 0 Å². The summed E-state index contributed by atoms with van der Waals surface area (Å²) in [4.78, 5) is 19.1. The van der Waals surface area contributed by atoms with Gasteiger partial charge in [0.15, 0.2) is 5.17 Å². The summed E-state index contributed by atoms with van der Waals surface area (Å²) in [6.45, 7) is 0.246. The van der Waals surface area contributed by atoms with E-state index in [4.69, 9.17) is 27.6 Å². The number of amides is 1. The fraction of sp³-hybridized carbons (Fsp3) is 0.0476. The second-order valence-corrected chi connectivity index (χ2v) is 7.93. The highest BCUT2D eigenvalue weighted by atomic mass is 35.5. The normalized spacial score (nSPS) is 17.0. The zero-order chi connectivity index (χ0) is 20.9. The van der Waals surface area contributed by atoms with Crippen LogP contribution in [0.15, 0.2) is 80.6 Å². The van der Waals surface area contributed by atoms with Gasteiger partial charge in [0, 0.05) is 18.0 Å². The second kappa shape index (κ2) is 9.30. The third-order valence-electron chi connectivity index (χ3n) is 4.09. The first-order chi connectivity index (χ1) is 14.6. The molecular formula is C21H14Cl2N4O2S. The lowest BCUT2D eigenvalue weighted by atomic mass is 10.2. The summed E-state index contributed by atoms with van der Waals surface area (Å²) in [6.07, 6.45) is 8.20. The summed E-state index contributed by atoms with van der Waals surface area (Å²) in [5, 5.41) is 9.62. The van der Waals surface area contributed by atoms with E-state index >= 15 is 0 Å². The number of hydrogen-bond acceptors (Lipinski definition) is 6. The van der Waals surface area contributed by atoms with E-state index in [9.17, 15) is 4.79 Å². The van der Waals surface area contributed by atoms with Crippen molar-refractivity contribution in [3.05, 3.63) is 93.0 Å². The van der Waals surface area contributed by atoms with Gasteiger partial charge in [0.2, 0.25) is 0 Å². The lowest BCUT2D eigenvalue weighted by Crippen LogP contribution is -2.28. The van der Waals surface area contributed by atoms with Gasteiger partial charge in [-0.1, -0.05) is 41.4 Å². The molecule has 1 aliphatic rings. The van der Waals surface area contributed by atoms with Crippen LogP contribution in [0.25, 0.3) is 6.08 Å². The second-order valence-electron chi connectivity index (χ2n) is 6.14. The van der Waals surface area contributed by atoms with Crippen LogP contribution in [0.4, 0.5) is 0 Å². The van der Waals surface area contributed by atoms with Gasteiger partial charge < -0.3 is 4.42 Å². The van der Waals surface area contributed by atoms with Gasteiger partial charge in [-0.05, 0) is 47.7 Å². The molecular weight excluding hydrogens is 443 g/mol. The molecule has 3 heterocycles. The van der Waals surface area contributed by atoms with E-state index in [0.29, 0.717) is 31.4 Å². The van der Waals surface area contributed by atoms with Crippen LogP contribution < -0.4 is 0 Å². The zero-order valence-electron chi connectivity index (χ0n) is 15.4. The SMILES string of the molecule is O=C1/C(=C/c2cccnc2)S/C(=N\N=C\c2cccc(Cl)c2Cl)N1Cc1ccco1. The molecule has 2 aromatic heterocycles. The van der Waals surface area contributed by atoms with Crippen molar-refractivity contribution in [2.24, 2.45) is 10.2 Å². The van der Waals surface area contributed by atoms with Crippen LogP contribution in [-0.4, -0.2) is 27.2 Å². The van der Waals surface area contributed by atoms with E-state index in [-0.39, 0.29) is 12.5 Å². The molecule has 0 N–H and O–H groups in total. The molecule has 6 nitrogen and oxygen atoms in total. The van der Waals surface area contributed by atoms with Crippen molar-refractivity contribution in [2.75, 3.05) is 0 Å². The molecule has 1 saturated heterocycles. The number of rotatable bonds is 5. The predicted octanol–water partition coefficient (Wildman–Crippen LogP) is 5.49. The fourth-order valence-electron chi connectivity index (χ4n) is 2.65. The van der Waals surface area contributed by atoms with Crippen LogP contribution >= 0.6 is 35.0 Å². The van der Waals surface area contributed by atoms with Gasteiger partial charge in [0.1, 0.15) is 5.76 Å². The number of carbonyl (C=O) groups is 1. The van der Waals surface area contributed by atoms with Crippen molar-refractivity contribution in [2.45, 2.75) is 6.54 Å². The van der Waals surface area contributed by atoms with Crippen LogP contribution in [0.2, 0.25) is 10.0 Å². The third kappa shape index (κ3) is 4.64. The Morgan fingerprint density at radius 1 is 1.17 bits per heavy atom. The molecule has 1 amide bonds. The van der Waals surface area contributed by atoms with Crippen LogP contribution in [0.3, 0.4) is 0 Å². The summed E-state index contributed by atoms with van der Waals surface area (Å²) in [5.41, 5.74) is 1.45.